The molecule has 3 aromatic rings. The van der Waals surface area contributed by atoms with Crippen LogP contribution in [0.2, 0.25) is 0 Å². The van der Waals surface area contributed by atoms with E-state index in [1.807, 2.05) is 6.07 Å². The van der Waals surface area contributed by atoms with Crippen molar-refractivity contribution in [2.75, 3.05) is 12.4 Å². The predicted molar refractivity (Wildman–Crippen MR) is 99.0 cm³/mol. The summed E-state index contributed by atoms with van der Waals surface area (Å²) in [5, 5.41) is 3.47. The first-order valence-corrected chi connectivity index (χ1v) is 9.13. The van der Waals surface area contributed by atoms with Crippen molar-refractivity contribution in [3.05, 3.63) is 24.7 Å². The molecule has 5 rings (SSSR count). The van der Waals surface area contributed by atoms with Crippen LogP contribution in [-0.2, 0) is 4.79 Å². The van der Waals surface area contributed by atoms with E-state index >= 15 is 0 Å². The van der Waals surface area contributed by atoms with Gasteiger partial charge in [0, 0.05) is 17.1 Å². The fraction of sp³-hybridized carbons (Fsp3) is 0.368. The highest BCUT2D eigenvalue weighted by atomic mass is 19.1. The number of aromatic amines is 1. The van der Waals surface area contributed by atoms with Gasteiger partial charge in [0.2, 0.25) is 17.7 Å². The van der Waals surface area contributed by atoms with E-state index in [-0.39, 0.29) is 18.4 Å². The molecule has 3 heterocycles. The van der Waals surface area contributed by atoms with Gasteiger partial charge in [-0.25, -0.2) is 19.3 Å². The van der Waals surface area contributed by atoms with E-state index in [9.17, 15) is 9.18 Å². The lowest BCUT2D eigenvalue weighted by molar-refractivity contribution is -0.117. The molecular weight excluding hydrogens is 365 g/mol. The van der Waals surface area contributed by atoms with Crippen LogP contribution in [0.25, 0.3) is 22.2 Å². The maximum absolute atomic E-state index is 13.1. The summed E-state index contributed by atoms with van der Waals surface area (Å²) in [6.07, 6.45) is 4.61. The number of halogens is 1. The molecule has 2 fully saturated rings. The van der Waals surface area contributed by atoms with E-state index in [0.717, 1.165) is 23.8 Å². The third-order valence-corrected chi connectivity index (χ3v) is 4.88. The van der Waals surface area contributed by atoms with Gasteiger partial charge >= 0.3 is 0 Å². The summed E-state index contributed by atoms with van der Waals surface area (Å²) in [4.78, 5) is 27.9. The normalized spacial score (nSPS) is 20.8. The van der Waals surface area contributed by atoms with Crippen molar-refractivity contribution >= 4 is 22.8 Å². The topological polar surface area (TPSA) is 102 Å². The Morgan fingerprint density at radius 1 is 1.29 bits per heavy atom. The molecule has 0 radical (unpaired) electrons. The first-order chi connectivity index (χ1) is 13.6. The average molecular weight is 383 g/mol. The van der Waals surface area contributed by atoms with Gasteiger partial charge in [0.15, 0.2) is 0 Å². The zero-order valence-corrected chi connectivity index (χ0v) is 15.1. The second-order valence-corrected chi connectivity index (χ2v) is 7.02. The number of nitrogens with zero attached hydrogens (tertiary/aromatic N) is 3. The van der Waals surface area contributed by atoms with E-state index in [2.05, 4.69) is 25.3 Å². The summed E-state index contributed by atoms with van der Waals surface area (Å²) >= 11 is 0. The second-order valence-electron chi connectivity index (χ2n) is 7.02. The fourth-order valence-electron chi connectivity index (χ4n) is 3.11. The highest BCUT2D eigenvalue weighted by Crippen LogP contribution is 2.41. The molecule has 0 saturated heterocycles. The Hall–Kier alpha value is -3.23. The number of hydrogen-bond acceptors (Lipinski definition) is 6. The van der Waals surface area contributed by atoms with E-state index in [0.29, 0.717) is 28.8 Å². The van der Waals surface area contributed by atoms with Crippen LogP contribution in [-0.4, -0.2) is 45.2 Å². The molecule has 2 N–H and O–H groups in total. The molecule has 8 nitrogen and oxygen atoms in total. The SMILES string of the molecule is COc1ncnc(OC2CC2)c1-c1c[nH]c2nc(NC(=O)C3CC3F)ccc12. The van der Waals surface area contributed by atoms with Gasteiger partial charge in [-0.1, -0.05) is 0 Å². The van der Waals surface area contributed by atoms with Gasteiger partial charge in [-0.15, -0.1) is 0 Å². The summed E-state index contributed by atoms with van der Waals surface area (Å²) in [6, 6.07) is 3.52. The Labute approximate surface area is 159 Å². The number of carbonyl (C=O) groups is 1. The van der Waals surface area contributed by atoms with Crippen molar-refractivity contribution in [2.45, 2.75) is 31.5 Å². The lowest BCUT2D eigenvalue weighted by atomic mass is 10.1. The molecule has 144 valence electrons. The van der Waals surface area contributed by atoms with Crippen LogP contribution >= 0.6 is 0 Å². The molecule has 2 atom stereocenters. The van der Waals surface area contributed by atoms with Crippen molar-refractivity contribution in [1.29, 1.82) is 0 Å². The van der Waals surface area contributed by atoms with Gasteiger partial charge in [-0.3, -0.25) is 4.79 Å². The highest BCUT2D eigenvalue weighted by molar-refractivity contribution is 5.99. The van der Waals surface area contributed by atoms with Gasteiger partial charge in [0.05, 0.1) is 13.0 Å². The molecular formula is C19H18FN5O3. The first-order valence-electron chi connectivity index (χ1n) is 9.13. The number of carbonyl (C=O) groups excluding carboxylic acids is 1. The van der Waals surface area contributed by atoms with Crippen molar-refractivity contribution < 1.29 is 18.7 Å². The molecule has 2 aliphatic rings. The second kappa shape index (κ2) is 6.43. The Morgan fingerprint density at radius 3 is 2.79 bits per heavy atom. The number of H-pyrrole nitrogens is 1. The molecule has 2 aliphatic carbocycles. The van der Waals surface area contributed by atoms with E-state index in [1.165, 1.54) is 6.33 Å². The van der Waals surface area contributed by atoms with Gasteiger partial charge in [-0.05, 0) is 31.4 Å². The third-order valence-electron chi connectivity index (χ3n) is 4.88. The number of amides is 1. The first kappa shape index (κ1) is 16.9. The van der Waals surface area contributed by atoms with Crippen LogP contribution < -0.4 is 14.8 Å². The predicted octanol–water partition coefficient (Wildman–Crippen LogP) is 2.87. The third kappa shape index (κ3) is 3.02. The van der Waals surface area contributed by atoms with Gasteiger partial charge in [0.25, 0.3) is 0 Å². The van der Waals surface area contributed by atoms with Crippen LogP contribution in [0.1, 0.15) is 19.3 Å². The number of rotatable bonds is 6. The number of alkyl halides is 1. The lowest BCUT2D eigenvalue weighted by Gasteiger charge is -2.12. The standard InChI is InChI=1S/C19H18FN5O3/c1-27-18-15(19(23-8-22-18)28-9-2-3-9)12-7-21-16-10(12)4-5-14(24-16)25-17(26)11-6-13(11)20/h4-5,7-9,11,13H,2-3,6H2,1H3,(H2,21,24,25,26). The minimum atomic E-state index is -1.05. The van der Waals surface area contributed by atoms with Gasteiger partial charge < -0.3 is 19.8 Å². The van der Waals surface area contributed by atoms with Crippen LogP contribution in [0, 0.1) is 5.92 Å². The Balaban J connectivity index is 1.51. The Morgan fingerprint density at radius 2 is 2.07 bits per heavy atom. The van der Waals surface area contributed by atoms with Gasteiger partial charge in [0.1, 0.15) is 35.6 Å². The molecule has 3 aromatic heterocycles. The lowest BCUT2D eigenvalue weighted by Crippen LogP contribution is -2.15. The molecule has 9 heteroatoms. The minimum absolute atomic E-state index is 0.172. The molecule has 0 aliphatic heterocycles. The number of fused-ring (bicyclic) bond motifs is 1. The molecule has 0 spiro atoms. The quantitative estimate of drug-likeness (QED) is 0.679. The van der Waals surface area contributed by atoms with Crippen LogP contribution in [0.4, 0.5) is 10.2 Å². The van der Waals surface area contributed by atoms with Crippen LogP contribution in [0.3, 0.4) is 0 Å². The number of aromatic nitrogens is 4. The van der Waals surface area contributed by atoms with Crippen molar-refractivity contribution in [1.82, 2.24) is 19.9 Å². The molecule has 1 amide bonds. The molecule has 2 unspecified atom stereocenters. The number of ether oxygens (including phenoxy) is 2. The largest absolute Gasteiger partial charge is 0.480 e. The fourth-order valence-corrected chi connectivity index (χ4v) is 3.11. The van der Waals surface area contributed by atoms with E-state index < -0.39 is 12.1 Å². The number of methoxy groups -OCH3 is 1. The molecule has 2 saturated carbocycles. The minimum Gasteiger partial charge on any atom is -0.480 e. The summed E-state index contributed by atoms with van der Waals surface area (Å²) in [7, 11) is 1.55. The van der Waals surface area contributed by atoms with Gasteiger partial charge in [-0.2, -0.15) is 0 Å². The van der Waals surface area contributed by atoms with E-state index in [1.54, 1.807) is 19.4 Å². The van der Waals surface area contributed by atoms with Crippen LogP contribution in [0.5, 0.6) is 11.8 Å². The van der Waals surface area contributed by atoms with Crippen molar-refractivity contribution in [3.8, 4) is 22.9 Å². The number of anilines is 1. The Kier molecular flexibility index (Phi) is 3.88. The maximum atomic E-state index is 13.1. The maximum Gasteiger partial charge on any atom is 0.231 e. The van der Waals surface area contributed by atoms with Crippen molar-refractivity contribution in [3.63, 3.8) is 0 Å². The van der Waals surface area contributed by atoms with E-state index in [4.69, 9.17) is 9.47 Å². The smallest absolute Gasteiger partial charge is 0.231 e. The number of pyridine rings is 1. The molecule has 0 bridgehead atoms. The summed E-state index contributed by atoms with van der Waals surface area (Å²) in [5.41, 5.74) is 2.02. The highest BCUT2D eigenvalue weighted by Gasteiger charge is 2.43. The summed E-state index contributed by atoms with van der Waals surface area (Å²) < 4.78 is 24.4. The van der Waals surface area contributed by atoms with Crippen molar-refractivity contribution in [2.24, 2.45) is 5.92 Å². The Bertz CT molecular complexity index is 1060. The molecule has 0 aromatic carbocycles. The van der Waals surface area contributed by atoms with Crippen LogP contribution in [0.15, 0.2) is 24.7 Å². The summed E-state index contributed by atoms with van der Waals surface area (Å²) in [5.74, 6) is 0.340. The zero-order valence-electron chi connectivity index (χ0n) is 15.1. The molecule has 28 heavy (non-hydrogen) atoms. The summed E-state index contributed by atoms with van der Waals surface area (Å²) in [6.45, 7) is 0. The number of hydrogen-bond donors (Lipinski definition) is 2. The number of nitrogens with one attached hydrogen (secondary N) is 2. The monoisotopic (exact) mass is 383 g/mol. The average Bonchev–Trinajstić information content (AvgIpc) is 3.61. The zero-order chi connectivity index (χ0) is 19.3.